The monoisotopic (exact) mass is 414 g/mol. The van der Waals surface area contributed by atoms with Crippen LogP contribution in [0, 0.1) is 0 Å². The molecule has 0 saturated carbocycles. The van der Waals surface area contributed by atoms with Gasteiger partial charge in [-0.2, -0.15) is 0 Å². The molecule has 0 spiro atoms. The zero-order chi connectivity index (χ0) is 19.4. The molecule has 1 N–H and O–H groups in total. The topological polar surface area (TPSA) is 86.2 Å². The fourth-order valence-corrected chi connectivity index (χ4v) is 3.45. The first kappa shape index (κ1) is 20.0. The summed E-state index contributed by atoms with van der Waals surface area (Å²) >= 11 is 12.0. The molecule has 3 rings (SSSR count). The molecular formula is C17H20Cl2N4O4. The van der Waals surface area contributed by atoms with Crippen molar-refractivity contribution in [3.8, 4) is 0 Å². The molecule has 0 radical (unpaired) electrons. The van der Waals surface area contributed by atoms with Crippen LogP contribution in [0.25, 0.3) is 0 Å². The molecule has 2 aliphatic rings. The second-order valence-electron chi connectivity index (χ2n) is 6.11. The van der Waals surface area contributed by atoms with Crippen LogP contribution in [0.1, 0.15) is 0 Å². The van der Waals surface area contributed by atoms with Crippen molar-refractivity contribution in [3.05, 3.63) is 34.2 Å². The average Bonchev–Trinajstić information content (AvgIpc) is 2.89. The van der Waals surface area contributed by atoms with E-state index in [2.05, 4.69) is 9.88 Å². The number of pyridine rings is 1. The Labute approximate surface area is 166 Å². The Morgan fingerprint density at radius 1 is 1.07 bits per heavy atom. The molecular weight excluding hydrogens is 395 g/mol. The summed E-state index contributed by atoms with van der Waals surface area (Å²) in [5, 5.41) is 8.91. The second kappa shape index (κ2) is 8.99. The minimum atomic E-state index is -0.555. The average molecular weight is 415 g/mol. The number of aliphatic hydroxyl groups is 1. The van der Waals surface area contributed by atoms with E-state index in [1.165, 1.54) is 12.3 Å². The minimum absolute atomic E-state index is 0.0101. The number of anilines is 1. The molecule has 1 saturated heterocycles. The molecule has 1 aromatic rings. The van der Waals surface area contributed by atoms with Gasteiger partial charge in [-0.05, 0) is 12.1 Å². The third-order valence-corrected chi connectivity index (χ3v) is 5.01. The van der Waals surface area contributed by atoms with Gasteiger partial charge in [-0.25, -0.2) is 9.88 Å². The zero-order valence-corrected chi connectivity index (χ0v) is 16.1. The van der Waals surface area contributed by atoms with Gasteiger partial charge in [0.15, 0.2) is 0 Å². The molecule has 8 nitrogen and oxygen atoms in total. The number of aliphatic hydroxyl groups excluding tert-OH is 1. The zero-order valence-electron chi connectivity index (χ0n) is 14.6. The number of hydrogen-bond donors (Lipinski definition) is 1. The Balaban J connectivity index is 1.63. The summed E-state index contributed by atoms with van der Waals surface area (Å²) in [6.07, 6.45) is 1.37. The normalized spacial score (nSPS) is 18.8. The number of hydrogen-bond acceptors (Lipinski definition) is 7. The fourth-order valence-electron chi connectivity index (χ4n) is 3.06. The number of ether oxygens (including phenoxy) is 1. The van der Waals surface area contributed by atoms with Crippen molar-refractivity contribution in [2.45, 2.75) is 0 Å². The number of carbonyl (C=O) groups excluding carboxylic acids is 2. The molecule has 1 aromatic heterocycles. The molecule has 0 bridgehead atoms. The summed E-state index contributed by atoms with van der Waals surface area (Å²) < 4.78 is 5.28. The van der Waals surface area contributed by atoms with Crippen LogP contribution in [0.5, 0.6) is 0 Å². The highest BCUT2D eigenvalue weighted by Crippen LogP contribution is 2.31. The summed E-state index contributed by atoms with van der Waals surface area (Å²) in [4.78, 5) is 34.3. The van der Waals surface area contributed by atoms with E-state index in [4.69, 9.17) is 33.0 Å². The van der Waals surface area contributed by atoms with Gasteiger partial charge in [0.1, 0.15) is 15.9 Å². The van der Waals surface area contributed by atoms with Crippen LogP contribution in [0.2, 0.25) is 5.15 Å². The van der Waals surface area contributed by atoms with E-state index in [-0.39, 0.29) is 22.5 Å². The molecule has 2 aliphatic heterocycles. The van der Waals surface area contributed by atoms with Crippen LogP contribution < -0.4 is 4.90 Å². The SMILES string of the molecule is O=C1C(Cl)=C(N2CCN(CCOCCO)CC2)C(=O)N1c1ccc(Cl)nc1. The number of amides is 2. The molecule has 146 valence electrons. The van der Waals surface area contributed by atoms with Crippen LogP contribution >= 0.6 is 23.2 Å². The maximum atomic E-state index is 12.8. The first-order valence-corrected chi connectivity index (χ1v) is 9.34. The third kappa shape index (κ3) is 4.41. The largest absolute Gasteiger partial charge is 0.394 e. The van der Waals surface area contributed by atoms with Gasteiger partial charge in [0.25, 0.3) is 11.8 Å². The van der Waals surface area contributed by atoms with Crippen LogP contribution in [0.4, 0.5) is 5.69 Å². The predicted octanol–water partition coefficient (Wildman–Crippen LogP) is 0.685. The van der Waals surface area contributed by atoms with Crippen molar-refractivity contribution in [1.82, 2.24) is 14.8 Å². The van der Waals surface area contributed by atoms with Crippen LogP contribution in [0.15, 0.2) is 29.1 Å². The van der Waals surface area contributed by atoms with E-state index in [1.807, 2.05) is 4.90 Å². The summed E-state index contributed by atoms with van der Waals surface area (Å²) in [5.41, 5.74) is 0.565. The number of nitrogens with zero attached hydrogens (tertiary/aromatic N) is 4. The van der Waals surface area contributed by atoms with Crippen molar-refractivity contribution < 1.29 is 19.4 Å². The second-order valence-corrected chi connectivity index (χ2v) is 6.88. The van der Waals surface area contributed by atoms with E-state index in [9.17, 15) is 9.59 Å². The third-order valence-electron chi connectivity index (χ3n) is 4.45. The minimum Gasteiger partial charge on any atom is -0.394 e. The van der Waals surface area contributed by atoms with E-state index in [0.717, 1.165) is 24.5 Å². The number of imide groups is 1. The quantitative estimate of drug-likeness (QED) is 0.398. The molecule has 0 atom stereocenters. The Kier molecular flexibility index (Phi) is 6.67. The number of piperazine rings is 1. The van der Waals surface area contributed by atoms with Crippen molar-refractivity contribution in [3.63, 3.8) is 0 Å². The van der Waals surface area contributed by atoms with Crippen LogP contribution in [-0.4, -0.2) is 84.2 Å². The van der Waals surface area contributed by atoms with E-state index < -0.39 is 11.8 Å². The standard InChI is InChI=1S/C17H20Cl2N4O4/c18-13-2-1-12(11-20-13)23-16(25)14(19)15(17(23)26)22-5-3-21(4-6-22)7-9-27-10-8-24/h1-2,11,24H,3-10H2. The van der Waals surface area contributed by atoms with E-state index in [1.54, 1.807) is 6.07 Å². The lowest BCUT2D eigenvalue weighted by molar-refractivity contribution is -0.121. The van der Waals surface area contributed by atoms with Crippen molar-refractivity contribution in [2.24, 2.45) is 0 Å². The van der Waals surface area contributed by atoms with Gasteiger partial charge in [-0.1, -0.05) is 23.2 Å². The first-order chi connectivity index (χ1) is 13.0. The predicted molar refractivity (Wildman–Crippen MR) is 101 cm³/mol. The Morgan fingerprint density at radius 3 is 2.44 bits per heavy atom. The Bertz CT molecular complexity index is 733. The first-order valence-electron chi connectivity index (χ1n) is 8.59. The summed E-state index contributed by atoms with van der Waals surface area (Å²) in [7, 11) is 0. The van der Waals surface area contributed by atoms with Gasteiger partial charge in [-0.15, -0.1) is 0 Å². The van der Waals surface area contributed by atoms with Gasteiger partial charge in [-0.3, -0.25) is 14.5 Å². The van der Waals surface area contributed by atoms with Gasteiger partial charge >= 0.3 is 0 Å². The van der Waals surface area contributed by atoms with E-state index >= 15 is 0 Å². The number of aromatic nitrogens is 1. The maximum Gasteiger partial charge on any atom is 0.283 e. The lowest BCUT2D eigenvalue weighted by atomic mass is 10.2. The summed E-state index contributed by atoms with van der Waals surface area (Å²) in [6, 6.07) is 3.07. The summed E-state index contributed by atoms with van der Waals surface area (Å²) in [5.74, 6) is -1.01. The fraction of sp³-hybridized carbons (Fsp3) is 0.471. The number of rotatable bonds is 7. The number of carbonyl (C=O) groups is 2. The lowest BCUT2D eigenvalue weighted by Gasteiger charge is -2.36. The highest BCUT2D eigenvalue weighted by molar-refractivity contribution is 6.52. The molecule has 0 aliphatic carbocycles. The molecule has 10 heteroatoms. The van der Waals surface area contributed by atoms with Gasteiger partial charge in [0, 0.05) is 32.7 Å². The highest BCUT2D eigenvalue weighted by Gasteiger charge is 2.42. The van der Waals surface area contributed by atoms with Crippen molar-refractivity contribution in [1.29, 1.82) is 0 Å². The molecule has 0 unspecified atom stereocenters. The van der Waals surface area contributed by atoms with Gasteiger partial charge in [0.2, 0.25) is 0 Å². The number of halogens is 2. The van der Waals surface area contributed by atoms with Crippen LogP contribution in [0.3, 0.4) is 0 Å². The van der Waals surface area contributed by atoms with Crippen molar-refractivity contribution >= 4 is 40.7 Å². The maximum absolute atomic E-state index is 12.8. The highest BCUT2D eigenvalue weighted by atomic mass is 35.5. The smallest absolute Gasteiger partial charge is 0.283 e. The van der Waals surface area contributed by atoms with E-state index in [0.29, 0.717) is 32.0 Å². The van der Waals surface area contributed by atoms with Crippen molar-refractivity contribution in [2.75, 3.05) is 57.4 Å². The Hall–Kier alpha value is -1.71. The van der Waals surface area contributed by atoms with Gasteiger partial charge < -0.3 is 14.7 Å². The molecule has 2 amide bonds. The Morgan fingerprint density at radius 2 is 1.81 bits per heavy atom. The molecule has 0 aromatic carbocycles. The molecule has 1 fully saturated rings. The molecule has 27 heavy (non-hydrogen) atoms. The molecule has 3 heterocycles. The summed E-state index contributed by atoms with van der Waals surface area (Å²) in [6.45, 7) is 4.23. The van der Waals surface area contributed by atoms with Crippen LogP contribution in [-0.2, 0) is 14.3 Å². The lowest BCUT2D eigenvalue weighted by Crippen LogP contribution is -2.48. The van der Waals surface area contributed by atoms with Gasteiger partial charge in [0.05, 0.1) is 31.7 Å².